The van der Waals surface area contributed by atoms with Gasteiger partial charge in [0.25, 0.3) is 5.56 Å². The summed E-state index contributed by atoms with van der Waals surface area (Å²) in [6, 6.07) is 4.43. The summed E-state index contributed by atoms with van der Waals surface area (Å²) in [5, 5.41) is 2.70. The van der Waals surface area contributed by atoms with Crippen molar-refractivity contribution in [1.29, 1.82) is 0 Å². The second-order valence-electron chi connectivity index (χ2n) is 2.91. The van der Waals surface area contributed by atoms with E-state index in [4.69, 9.17) is 5.73 Å². The van der Waals surface area contributed by atoms with E-state index in [0.29, 0.717) is 11.4 Å². The van der Waals surface area contributed by atoms with Gasteiger partial charge in [-0.2, -0.15) is 0 Å². The van der Waals surface area contributed by atoms with E-state index in [2.05, 4.69) is 10.1 Å². The average Bonchev–Trinajstić information content (AvgIpc) is 2.65. The number of carbonyl (C=O) groups is 1. The molecule has 0 aliphatic rings. The quantitative estimate of drug-likeness (QED) is 0.700. The van der Waals surface area contributed by atoms with Crippen LogP contribution in [0, 0.1) is 0 Å². The van der Waals surface area contributed by atoms with Crippen LogP contribution < -0.4 is 11.3 Å². The molecule has 0 atom stereocenters. The van der Waals surface area contributed by atoms with Gasteiger partial charge in [0.2, 0.25) is 5.91 Å². The van der Waals surface area contributed by atoms with E-state index in [1.165, 1.54) is 35.3 Å². The largest absolute Gasteiger partial charge is 0.366 e. The molecule has 6 heteroatoms. The molecule has 0 aliphatic heterocycles. The van der Waals surface area contributed by atoms with Gasteiger partial charge in [-0.25, -0.2) is 9.67 Å². The third kappa shape index (κ3) is 1.64. The van der Waals surface area contributed by atoms with Gasteiger partial charge >= 0.3 is 0 Å². The number of hydrogen-bond acceptors (Lipinski definition) is 3. The highest BCUT2D eigenvalue weighted by atomic mass is 16.1. The number of nitrogens with zero attached hydrogens (tertiary/aromatic N) is 2. The summed E-state index contributed by atoms with van der Waals surface area (Å²) in [6.07, 6.45) is 2.83. The highest BCUT2D eigenvalue weighted by Gasteiger charge is 2.03. The van der Waals surface area contributed by atoms with Crippen LogP contribution in [0.1, 0.15) is 10.4 Å². The number of primary amides is 1. The molecule has 0 fully saturated rings. The second-order valence-corrected chi connectivity index (χ2v) is 2.91. The maximum absolute atomic E-state index is 11.2. The van der Waals surface area contributed by atoms with Crippen LogP contribution in [0.3, 0.4) is 0 Å². The molecule has 0 unspecified atom stereocenters. The van der Waals surface area contributed by atoms with Gasteiger partial charge in [0.05, 0.1) is 5.56 Å². The molecule has 0 radical (unpaired) electrons. The van der Waals surface area contributed by atoms with Crippen LogP contribution >= 0.6 is 0 Å². The lowest BCUT2D eigenvalue weighted by Crippen LogP contribution is -2.16. The van der Waals surface area contributed by atoms with E-state index >= 15 is 0 Å². The standard InChI is InChI=1S/C9H8N4O2/c10-9(15)6-1-2-7(11-5-6)13-8(14)3-4-12-13/h1-5,12H,(H2,10,15). The molecule has 0 bridgehead atoms. The number of H-pyrrole nitrogens is 1. The predicted molar refractivity (Wildman–Crippen MR) is 52.7 cm³/mol. The molecule has 0 aliphatic carbocycles. The Hall–Kier alpha value is -2.37. The summed E-state index contributed by atoms with van der Waals surface area (Å²) in [4.78, 5) is 25.9. The summed E-state index contributed by atoms with van der Waals surface area (Å²) >= 11 is 0. The number of pyridine rings is 1. The van der Waals surface area contributed by atoms with Crippen molar-refractivity contribution in [3.8, 4) is 5.82 Å². The highest BCUT2D eigenvalue weighted by Crippen LogP contribution is 2.01. The van der Waals surface area contributed by atoms with E-state index in [0.717, 1.165) is 0 Å². The average molecular weight is 204 g/mol. The van der Waals surface area contributed by atoms with Crippen LogP contribution in [-0.4, -0.2) is 20.7 Å². The van der Waals surface area contributed by atoms with E-state index in [-0.39, 0.29) is 5.56 Å². The molecule has 2 aromatic rings. The number of carbonyl (C=O) groups excluding carboxylic acids is 1. The van der Waals surface area contributed by atoms with Crippen LogP contribution in [-0.2, 0) is 0 Å². The van der Waals surface area contributed by atoms with Gasteiger partial charge < -0.3 is 5.73 Å². The molecule has 1 amide bonds. The van der Waals surface area contributed by atoms with Crippen molar-refractivity contribution in [2.75, 3.05) is 0 Å². The van der Waals surface area contributed by atoms with Gasteiger partial charge in [0.1, 0.15) is 0 Å². The SMILES string of the molecule is NC(=O)c1ccc(-n2[nH]ccc2=O)nc1. The Morgan fingerprint density at radius 3 is 2.67 bits per heavy atom. The zero-order chi connectivity index (χ0) is 10.8. The molecular weight excluding hydrogens is 196 g/mol. The lowest BCUT2D eigenvalue weighted by Gasteiger charge is -2.00. The zero-order valence-electron chi connectivity index (χ0n) is 7.68. The predicted octanol–water partition coefficient (Wildman–Crippen LogP) is -0.341. The fraction of sp³-hybridized carbons (Fsp3) is 0. The van der Waals surface area contributed by atoms with E-state index < -0.39 is 5.91 Å². The van der Waals surface area contributed by atoms with Crippen LogP contribution in [0.4, 0.5) is 0 Å². The third-order valence-electron chi connectivity index (χ3n) is 1.91. The van der Waals surface area contributed by atoms with Crippen molar-refractivity contribution in [2.24, 2.45) is 5.73 Å². The number of hydrogen-bond donors (Lipinski definition) is 2. The first kappa shape index (κ1) is 9.20. The van der Waals surface area contributed by atoms with E-state index in [9.17, 15) is 9.59 Å². The molecule has 2 heterocycles. The minimum absolute atomic E-state index is 0.214. The van der Waals surface area contributed by atoms with Crippen molar-refractivity contribution < 1.29 is 4.79 Å². The number of nitrogens with two attached hydrogens (primary N) is 1. The van der Waals surface area contributed by atoms with E-state index in [1.807, 2.05) is 0 Å². The Balaban J connectivity index is 2.44. The Bertz CT molecular complexity index is 538. The Morgan fingerprint density at radius 2 is 2.20 bits per heavy atom. The van der Waals surface area contributed by atoms with Gasteiger partial charge in [0, 0.05) is 18.5 Å². The molecule has 15 heavy (non-hydrogen) atoms. The first-order valence-electron chi connectivity index (χ1n) is 4.21. The lowest BCUT2D eigenvalue weighted by atomic mass is 10.3. The molecule has 6 nitrogen and oxygen atoms in total. The minimum Gasteiger partial charge on any atom is -0.366 e. The molecule has 0 spiro atoms. The Labute approximate surface area is 84.3 Å². The number of amides is 1. The Kier molecular flexibility index (Phi) is 2.09. The fourth-order valence-electron chi connectivity index (χ4n) is 1.16. The topological polar surface area (TPSA) is 93.8 Å². The van der Waals surface area contributed by atoms with Crippen molar-refractivity contribution in [2.45, 2.75) is 0 Å². The first-order chi connectivity index (χ1) is 7.18. The minimum atomic E-state index is -0.548. The maximum atomic E-state index is 11.2. The number of aromatic nitrogens is 3. The molecule has 2 rings (SSSR count). The lowest BCUT2D eigenvalue weighted by molar-refractivity contribution is 0.1000. The van der Waals surface area contributed by atoms with Crippen LogP contribution in [0.15, 0.2) is 35.4 Å². The number of rotatable bonds is 2. The van der Waals surface area contributed by atoms with Crippen LogP contribution in [0.5, 0.6) is 0 Å². The number of nitrogens with one attached hydrogen (secondary N) is 1. The van der Waals surface area contributed by atoms with Gasteiger partial charge in [-0.1, -0.05) is 0 Å². The van der Waals surface area contributed by atoms with Crippen molar-refractivity contribution in [3.05, 3.63) is 46.5 Å². The number of aromatic amines is 1. The third-order valence-corrected chi connectivity index (χ3v) is 1.91. The summed E-state index contributed by atoms with van der Waals surface area (Å²) in [7, 11) is 0. The molecular formula is C9H8N4O2. The van der Waals surface area contributed by atoms with Crippen LogP contribution in [0.2, 0.25) is 0 Å². The van der Waals surface area contributed by atoms with Gasteiger partial charge in [-0.15, -0.1) is 0 Å². The molecule has 0 aromatic carbocycles. The molecule has 3 N–H and O–H groups in total. The molecule has 0 saturated heterocycles. The van der Waals surface area contributed by atoms with E-state index in [1.54, 1.807) is 0 Å². The van der Waals surface area contributed by atoms with Gasteiger partial charge in [-0.05, 0) is 12.1 Å². The zero-order valence-corrected chi connectivity index (χ0v) is 7.68. The summed E-state index contributed by atoms with van der Waals surface area (Å²) < 4.78 is 1.25. The first-order valence-corrected chi connectivity index (χ1v) is 4.21. The summed E-state index contributed by atoms with van der Waals surface area (Å²) in [5.41, 5.74) is 5.15. The summed E-state index contributed by atoms with van der Waals surface area (Å²) in [6.45, 7) is 0. The smallest absolute Gasteiger partial charge is 0.272 e. The summed E-state index contributed by atoms with van der Waals surface area (Å²) in [5.74, 6) is -0.136. The van der Waals surface area contributed by atoms with Gasteiger partial charge in [0.15, 0.2) is 5.82 Å². The highest BCUT2D eigenvalue weighted by molar-refractivity contribution is 5.92. The van der Waals surface area contributed by atoms with Crippen molar-refractivity contribution in [1.82, 2.24) is 14.8 Å². The Morgan fingerprint density at radius 1 is 1.40 bits per heavy atom. The molecule has 0 saturated carbocycles. The normalized spacial score (nSPS) is 10.1. The fourth-order valence-corrected chi connectivity index (χ4v) is 1.16. The monoisotopic (exact) mass is 204 g/mol. The molecule has 76 valence electrons. The van der Waals surface area contributed by atoms with Crippen molar-refractivity contribution >= 4 is 5.91 Å². The molecule has 2 aromatic heterocycles. The second kappa shape index (κ2) is 3.41. The van der Waals surface area contributed by atoms with Gasteiger partial charge in [-0.3, -0.25) is 14.7 Å². The van der Waals surface area contributed by atoms with Crippen LogP contribution in [0.25, 0.3) is 5.82 Å². The maximum Gasteiger partial charge on any atom is 0.272 e. The van der Waals surface area contributed by atoms with Crippen molar-refractivity contribution in [3.63, 3.8) is 0 Å².